The molecule has 2 rings (SSSR count). The van der Waals surface area contributed by atoms with Crippen LogP contribution in [0.1, 0.15) is 17.6 Å². The van der Waals surface area contributed by atoms with E-state index in [4.69, 9.17) is 5.73 Å². The summed E-state index contributed by atoms with van der Waals surface area (Å²) in [5.74, 6) is 0.971. The zero-order valence-electron chi connectivity index (χ0n) is 8.79. The van der Waals surface area contributed by atoms with Gasteiger partial charge in [-0.15, -0.1) is 11.3 Å². The molecule has 0 aliphatic carbocycles. The van der Waals surface area contributed by atoms with Crippen LogP contribution in [0.3, 0.4) is 0 Å². The number of hydrogen-bond acceptors (Lipinski definition) is 3. The van der Waals surface area contributed by atoms with E-state index in [0.717, 1.165) is 24.4 Å². The summed E-state index contributed by atoms with van der Waals surface area (Å²) >= 11 is 1.81. The first kappa shape index (κ1) is 10.4. The van der Waals surface area contributed by atoms with E-state index in [2.05, 4.69) is 29.0 Å². The van der Waals surface area contributed by atoms with Crippen molar-refractivity contribution < 1.29 is 0 Å². The highest BCUT2D eigenvalue weighted by Crippen LogP contribution is 2.26. The van der Waals surface area contributed by atoms with Gasteiger partial charge in [0.15, 0.2) is 0 Å². The van der Waals surface area contributed by atoms with Crippen LogP contribution in [0, 0.1) is 0 Å². The number of H-pyrrole nitrogens is 1. The van der Waals surface area contributed by atoms with Gasteiger partial charge in [0.2, 0.25) is 0 Å². The van der Waals surface area contributed by atoms with Gasteiger partial charge in [0.1, 0.15) is 5.82 Å². The van der Waals surface area contributed by atoms with Crippen LogP contribution in [0.4, 0.5) is 0 Å². The molecule has 0 bridgehead atoms. The summed E-state index contributed by atoms with van der Waals surface area (Å²) in [4.78, 5) is 10.2. The zero-order chi connectivity index (χ0) is 10.7. The lowest BCUT2D eigenvalue weighted by Crippen LogP contribution is -2.03. The molecule has 3 nitrogen and oxygen atoms in total. The molecular formula is C11H15N3S. The van der Waals surface area contributed by atoms with Crippen LogP contribution in [0.15, 0.2) is 18.3 Å². The maximum Gasteiger partial charge on any atom is 0.107 e. The number of aryl methyl sites for hydroxylation is 1. The quantitative estimate of drug-likeness (QED) is 0.831. The van der Waals surface area contributed by atoms with Crippen LogP contribution in [0.5, 0.6) is 0 Å². The van der Waals surface area contributed by atoms with Crippen LogP contribution < -0.4 is 5.73 Å². The largest absolute Gasteiger partial charge is 0.341 e. The number of hydrogen-bond donors (Lipinski definition) is 2. The van der Waals surface area contributed by atoms with Crippen LogP contribution in [-0.4, -0.2) is 16.5 Å². The van der Waals surface area contributed by atoms with E-state index >= 15 is 0 Å². The van der Waals surface area contributed by atoms with Crippen molar-refractivity contribution in [1.29, 1.82) is 0 Å². The van der Waals surface area contributed by atoms with Crippen molar-refractivity contribution >= 4 is 11.3 Å². The molecule has 3 N–H and O–H groups in total. The Morgan fingerprint density at radius 3 is 3.00 bits per heavy atom. The minimum Gasteiger partial charge on any atom is -0.341 e. The monoisotopic (exact) mass is 221 g/mol. The van der Waals surface area contributed by atoms with Gasteiger partial charge in [0.05, 0.1) is 16.8 Å². The SMILES string of the molecule is CCc1ccc(-c2cnc(CCN)[nH]2)s1. The highest BCUT2D eigenvalue weighted by molar-refractivity contribution is 7.15. The molecule has 0 unspecified atom stereocenters. The predicted octanol–water partition coefficient (Wildman–Crippen LogP) is 2.20. The summed E-state index contributed by atoms with van der Waals surface area (Å²) in [5, 5.41) is 0. The summed E-state index contributed by atoms with van der Waals surface area (Å²) in [5.41, 5.74) is 6.58. The topological polar surface area (TPSA) is 54.7 Å². The fraction of sp³-hybridized carbons (Fsp3) is 0.364. The van der Waals surface area contributed by atoms with E-state index in [1.807, 2.05) is 17.5 Å². The maximum absolute atomic E-state index is 5.48. The van der Waals surface area contributed by atoms with Crippen LogP contribution in [0.25, 0.3) is 10.6 Å². The Morgan fingerprint density at radius 2 is 2.33 bits per heavy atom. The number of nitrogens with one attached hydrogen (secondary N) is 1. The molecule has 0 aliphatic rings. The Balaban J connectivity index is 2.21. The third kappa shape index (κ3) is 2.27. The Morgan fingerprint density at radius 1 is 1.47 bits per heavy atom. The van der Waals surface area contributed by atoms with Gasteiger partial charge in [-0.2, -0.15) is 0 Å². The molecule has 4 heteroatoms. The molecule has 0 atom stereocenters. The molecule has 0 radical (unpaired) electrons. The summed E-state index contributed by atoms with van der Waals surface area (Å²) in [7, 11) is 0. The highest BCUT2D eigenvalue weighted by Gasteiger charge is 2.05. The molecule has 0 aliphatic heterocycles. The molecular weight excluding hydrogens is 206 g/mol. The molecule has 0 spiro atoms. The first-order chi connectivity index (χ1) is 7.33. The van der Waals surface area contributed by atoms with Gasteiger partial charge in [-0.1, -0.05) is 6.92 Å². The lowest BCUT2D eigenvalue weighted by atomic mass is 10.3. The van der Waals surface area contributed by atoms with E-state index in [1.54, 1.807) is 0 Å². The average molecular weight is 221 g/mol. The van der Waals surface area contributed by atoms with E-state index in [-0.39, 0.29) is 0 Å². The Bertz CT molecular complexity index is 430. The molecule has 0 aromatic carbocycles. The van der Waals surface area contributed by atoms with Crippen LogP contribution >= 0.6 is 11.3 Å². The van der Waals surface area contributed by atoms with Gasteiger partial charge in [-0.05, 0) is 25.1 Å². The number of nitrogens with zero attached hydrogens (tertiary/aromatic N) is 1. The summed E-state index contributed by atoms with van der Waals surface area (Å²) in [6, 6.07) is 4.31. The van der Waals surface area contributed by atoms with E-state index < -0.39 is 0 Å². The van der Waals surface area contributed by atoms with Crippen molar-refractivity contribution in [2.45, 2.75) is 19.8 Å². The standard InChI is InChI=1S/C11H15N3S/c1-2-8-3-4-10(15-8)9-7-13-11(14-9)5-6-12/h3-4,7H,2,5-6,12H2,1H3,(H,13,14). The molecule has 2 aromatic heterocycles. The van der Waals surface area contributed by atoms with Gasteiger partial charge in [0, 0.05) is 11.3 Å². The summed E-state index contributed by atoms with van der Waals surface area (Å²) in [6.07, 6.45) is 3.79. The number of thiophene rings is 1. The molecule has 0 saturated heterocycles. The van der Waals surface area contributed by atoms with Crippen LogP contribution in [0.2, 0.25) is 0 Å². The lowest BCUT2D eigenvalue weighted by molar-refractivity contribution is 0.895. The second kappa shape index (κ2) is 4.59. The molecule has 0 amide bonds. The fourth-order valence-electron chi connectivity index (χ4n) is 1.46. The molecule has 0 fully saturated rings. The Kier molecular flexibility index (Phi) is 3.18. The van der Waals surface area contributed by atoms with Crippen LogP contribution in [-0.2, 0) is 12.8 Å². The number of nitrogens with two attached hydrogens (primary N) is 1. The highest BCUT2D eigenvalue weighted by atomic mass is 32.1. The van der Waals surface area contributed by atoms with Crippen molar-refractivity contribution in [1.82, 2.24) is 9.97 Å². The summed E-state index contributed by atoms with van der Waals surface area (Å²) < 4.78 is 0. The lowest BCUT2D eigenvalue weighted by Gasteiger charge is -1.91. The smallest absolute Gasteiger partial charge is 0.107 e. The predicted molar refractivity (Wildman–Crippen MR) is 64.0 cm³/mol. The van der Waals surface area contributed by atoms with E-state index in [1.165, 1.54) is 9.75 Å². The zero-order valence-corrected chi connectivity index (χ0v) is 9.60. The molecule has 80 valence electrons. The normalized spacial score (nSPS) is 10.8. The number of imidazole rings is 1. The molecule has 2 heterocycles. The van der Waals surface area contributed by atoms with Crippen molar-refractivity contribution in [3.63, 3.8) is 0 Å². The van der Waals surface area contributed by atoms with Gasteiger partial charge >= 0.3 is 0 Å². The van der Waals surface area contributed by atoms with Crippen molar-refractivity contribution in [3.05, 3.63) is 29.0 Å². The van der Waals surface area contributed by atoms with Gasteiger partial charge in [-0.25, -0.2) is 4.98 Å². The second-order valence-electron chi connectivity index (χ2n) is 3.40. The van der Waals surface area contributed by atoms with Crippen molar-refractivity contribution in [2.75, 3.05) is 6.54 Å². The summed E-state index contributed by atoms with van der Waals surface area (Å²) in [6.45, 7) is 2.81. The Hall–Kier alpha value is -1.13. The average Bonchev–Trinajstić information content (AvgIpc) is 2.85. The van der Waals surface area contributed by atoms with Crippen molar-refractivity contribution in [3.8, 4) is 10.6 Å². The van der Waals surface area contributed by atoms with Gasteiger partial charge < -0.3 is 10.7 Å². The fourth-order valence-corrected chi connectivity index (χ4v) is 2.38. The Labute approximate surface area is 93.4 Å². The first-order valence-electron chi connectivity index (χ1n) is 5.16. The van der Waals surface area contributed by atoms with Crippen molar-refractivity contribution in [2.24, 2.45) is 5.73 Å². The third-order valence-corrected chi connectivity index (χ3v) is 3.55. The molecule has 15 heavy (non-hydrogen) atoms. The van der Waals surface area contributed by atoms with E-state index in [9.17, 15) is 0 Å². The minimum absolute atomic E-state index is 0.637. The van der Waals surface area contributed by atoms with Gasteiger partial charge in [-0.3, -0.25) is 0 Å². The first-order valence-corrected chi connectivity index (χ1v) is 5.98. The number of aromatic amines is 1. The second-order valence-corrected chi connectivity index (χ2v) is 4.57. The molecule has 2 aromatic rings. The minimum atomic E-state index is 0.637. The van der Waals surface area contributed by atoms with Gasteiger partial charge in [0.25, 0.3) is 0 Å². The number of rotatable bonds is 4. The third-order valence-electron chi connectivity index (χ3n) is 2.29. The molecule has 0 saturated carbocycles. The van der Waals surface area contributed by atoms with E-state index in [0.29, 0.717) is 6.54 Å². The maximum atomic E-state index is 5.48. The number of aromatic nitrogens is 2.